The zero-order valence-corrected chi connectivity index (χ0v) is 17.3. The minimum Gasteiger partial charge on any atom is -0.448 e. The highest BCUT2D eigenvalue weighted by molar-refractivity contribution is 6.02. The number of carbonyl (C=O) groups excluding carboxylic acids is 3. The number of benzene rings is 1. The molecule has 0 spiro atoms. The summed E-state index contributed by atoms with van der Waals surface area (Å²) in [5.41, 5.74) is 3.57. The highest BCUT2D eigenvalue weighted by Crippen LogP contribution is 2.27. The molecule has 1 heterocycles. The molecule has 1 aromatic heterocycles. The van der Waals surface area contributed by atoms with Crippen LogP contribution in [0, 0.1) is 13.8 Å². The van der Waals surface area contributed by atoms with Gasteiger partial charge in [0.05, 0.1) is 0 Å². The quantitative estimate of drug-likeness (QED) is 0.542. The van der Waals surface area contributed by atoms with Crippen LogP contribution in [-0.2, 0) is 9.53 Å². The molecule has 0 radical (unpaired) electrons. The Morgan fingerprint density at radius 3 is 2.36 bits per heavy atom. The number of Topliss-reactive ketones (excluding diaryl/α,β-unsaturated/α-hetero) is 1. The molecule has 0 fully saturated rings. The molecule has 0 saturated heterocycles. The van der Waals surface area contributed by atoms with Gasteiger partial charge in [-0.15, -0.1) is 0 Å². The van der Waals surface area contributed by atoms with E-state index < -0.39 is 18.0 Å². The Morgan fingerprint density at radius 2 is 1.79 bits per heavy atom. The molecule has 0 unspecified atom stereocenters. The van der Waals surface area contributed by atoms with Crippen LogP contribution in [0.2, 0.25) is 0 Å². The molecule has 1 aromatic carbocycles. The normalized spacial score (nSPS) is 12.9. The number of hydrogen-bond donors (Lipinski definition) is 2. The third-order valence-corrected chi connectivity index (χ3v) is 5.01. The number of ketones is 1. The van der Waals surface area contributed by atoms with Gasteiger partial charge in [0.1, 0.15) is 5.69 Å². The number of hydrogen-bond acceptors (Lipinski definition) is 4. The minimum atomic E-state index is -0.985. The number of ether oxygens (including phenoxy) is 1. The molecule has 6 heteroatoms. The van der Waals surface area contributed by atoms with E-state index >= 15 is 0 Å². The minimum absolute atomic E-state index is 0.127. The molecule has 0 saturated carbocycles. The summed E-state index contributed by atoms with van der Waals surface area (Å²) < 4.78 is 5.33. The summed E-state index contributed by atoms with van der Waals surface area (Å²) in [6, 6.07) is 7.61. The van der Waals surface area contributed by atoms with E-state index in [9.17, 15) is 14.4 Å². The van der Waals surface area contributed by atoms with E-state index in [0.29, 0.717) is 22.7 Å². The van der Waals surface area contributed by atoms with Gasteiger partial charge in [-0.1, -0.05) is 32.0 Å². The van der Waals surface area contributed by atoms with Crippen molar-refractivity contribution in [3.63, 3.8) is 0 Å². The second kappa shape index (κ2) is 8.87. The first-order valence-electron chi connectivity index (χ1n) is 9.48. The van der Waals surface area contributed by atoms with Gasteiger partial charge in [0, 0.05) is 16.9 Å². The second-order valence-electron chi connectivity index (χ2n) is 7.11. The molecule has 28 heavy (non-hydrogen) atoms. The number of esters is 1. The standard InChI is InChI=1S/C22H28N2O4/c1-7-12(2)17-10-8-9-11-18(17)24-21(26)16(6)28-22(27)20-13(3)19(15(5)25)14(4)23-20/h8-12,16,23H,7H2,1-6H3,(H,24,26)/t12-,16-/m1/s1. The van der Waals surface area contributed by atoms with Crippen LogP contribution in [0.4, 0.5) is 5.69 Å². The molecule has 0 bridgehead atoms. The average Bonchev–Trinajstić information content (AvgIpc) is 2.95. The monoisotopic (exact) mass is 384 g/mol. The van der Waals surface area contributed by atoms with E-state index in [-0.39, 0.29) is 11.5 Å². The fourth-order valence-electron chi connectivity index (χ4n) is 3.25. The van der Waals surface area contributed by atoms with E-state index in [2.05, 4.69) is 24.1 Å². The van der Waals surface area contributed by atoms with Crippen molar-refractivity contribution in [2.45, 2.75) is 60.0 Å². The lowest BCUT2D eigenvalue weighted by atomic mass is 9.97. The van der Waals surface area contributed by atoms with Crippen LogP contribution in [0.15, 0.2) is 24.3 Å². The molecule has 2 atom stereocenters. The molecule has 0 aliphatic rings. The lowest BCUT2D eigenvalue weighted by Crippen LogP contribution is -2.30. The smallest absolute Gasteiger partial charge is 0.355 e. The van der Waals surface area contributed by atoms with Gasteiger partial charge in [0.2, 0.25) is 0 Å². The Hall–Kier alpha value is -2.89. The van der Waals surface area contributed by atoms with Crippen LogP contribution < -0.4 is 5.32 Å². The Morgan fingerprint density at radius 1 is 1.14 bits per heavy atom. The Bertz CT molecular complexity index is 898. The zero-order chi connectivity index (χ0) is 21.0. The van der Waals surface area contributed by atoms with Gasteiger partial charge in [0.25, 0.3) is 5.91 Å². The van der Waals surface area contributed by atoms with Gasteiger partial charge in [-0.05, 0) is 57.2 Å². The van der Waals surface area contributed by atoms with Crippen molar-refractivity contribution in [3.05, 3.63) is 52.3 Å². The first-order chi connectivity index (χ1) is 13.2. The summed E-state index contributed by atoms with van der Waals surface area (Å²) in [5.74, 6) is -0.899. The van der Waals surface area contributed by atoms with Crippen LogP contribution in [-0.4, -0.2) is 28.7 Å². The molecule has 6 nitrogen and oxygen atoms in total. The number of para-hydroxylation sites is 1. The van der Waals surface area contributed by atoms with Crippen molar-refractivity contribution in [2.24, 2.45) is 0 Å². The van der Waals surface area contributed by atoms with Gasteiger partial charge in [-0.3, -0.25) is 9.59 Å². The van der Waals surface area contributed by atoms with Gasteiger partial charge < -0.3 is 15.0 Å². The van der Waals surface area contributed by atoms with Gasteiger partial charge in [0.15, 0.2) is 11.9 Å². The van der Waals surface area contributed by atoms with E-state index in [4.69, 9.17) is 4.74 Å². The van der Waals surface area contributed by atoms with Crippen molar-refractivity contribution >= 4 is 23.3 Å². The predicted molar refractivity (Wildman–Crippen MR) is 109 cm³/mol. The fourth-order valence-corrected chi connectivity index (χ4v) is 3.25. The summed E-state index contributed by atoms with van der Waals surface area (Å²) in [6.45, 7) is 10.6. The maximum absolute atomic E-state index is 12.6. The third kappa shape index (κ3) is 4.50. The van der Waals surface area contributed by atoms with Crippen LogP contribution in [0.25, 0.3) is 0 Å². The summed E-state index contributed by atoms with van der Waals surface area (Å²) in [7, 11) is 0. The Labute approximate surface area is 165 Å². The fraction of sp³-hybridized carbons (Fsp3) is 0.409. The van der Waals surface area contributed by atoms with Gasteiger partial charge in [-0.2, -0.15) is 0 Å². The summed E-state index contributed by atoms with van der Waals surface area (Å²) in [5, 5.41) is 2.85. The largest absolute Gasteiger partial charge is 0.448 e. The Balaban J connectivity index is 2.13. The number of amides is 1. The van der Waals surface area contributed by atoms with E-state index in [0.717, 1.165) is 17.7 Å². The average molecular weight is 384 g/mol. The lowest BCUT2D eigenvalue weighted by Gasteiger charge is -2.18. The van der Waals surface area contributed by atoms with Crippen LogP contribution in [0.3, 0.4) is 0 Å². The number of anilines is 1. The molecule has 0 aliphatic heterocycles. The van der Waals surface area contributed by atoms with Gasteiger partial charge in [-0.25, -0.2) is 4.79 Å². The summed E-state index contributed by atoms with van der Waals surface area (Å²) >= 11 is 0. The number of H-pyrrole nitrogens is 1. The highest BCUT2D eigenvalue weighted by atomic mass is 16.5. The second-order valence-corrected chi connectivity index (χ2v) is 7.11. The molecule has 150 valence electrons. The number of aromatic nitrogens is 1. The van der Waals surface area contributed by atoms with Crippen LogP contribution >= 0.6 is 0 Å². The number of carbonyl (C=O) groups is 3. The summed E-state index contributed by atoms with van der Waals surface area (Å²) in [6.07, 6.45) is -0.0391. The van der Waals surface area contributed by atoms with E-state index in [1.165, 1.54) is 13.8 Å². The zero-order valence-electron chi connectivity index (χ0n) is 17.3. The van der Waals surface area contributed by atoms with Crippen molar-refractivity contribution in [2.75, 3.05) is 5.32 Å². The molecule has 1 amide bonds. The lowest BCUT2D eigenvalue weighted by molar-refractivity contribution is -0.123. The molecular formula is C22H28N2O4. The molecule has 2 N–H and O–H groups in total. The van der Waals surface area contributed by atoms with Crippen LogP contribution in [0.5, 0.6) is 0 Å². The Kier molecular flexibility index (Phi) is 6.78. The maximum Gasteiger partial charge on any atom is 0.355 e. The highest BCUT2D eigenvalue weighted by Gasteiger charge is 2.25. The van der Waals surface area contributed by atoms with E-state index in [1.54, 1.807) is 13.8 Å². The van der Waals surface area contributed by atoms with Crippen molar-refractivity contribution in [1.82, 2.24) is 4.98 Å². The first kappa shape index (κ1) is 21.4. The molecule has 2 aromatic rings. The van der Waals surface area contributed by atoms with E-state index in [1.807, 2.05) is 24.3 Å². The maximum atomic E-state index is 12.6. The topological polar surface area (TPSA) is 88.3 Å². The third-order valence-electron chi connectivity index (χ3n) is 5.01. The molecular weight excluding hydrogens is 356 g/mol. The number of aryl methyl sites for hydroxylation is 1. The number of aromatic amines is 1. The predicted octanol–water partition coefficient (Wildman–Crippen LogP) is 4.53. The molecule has 2 rings (SSSR count). The first-order valence-corrected chi connectivity index (χ1v) is 9.48. The number of rotatable bonds is 7. The number of nitrogens with one attached hydrogen (secondary N) is 2. The SMILES string of the molecule is CC[C@@H](C)c1ccccc1NC(=O)[C@@H](C)OC(=O)c1[nH]c(C)c(C(C)=O)c1C. The van der Waals surface area contributed by atoms with Crippen molar-refractivity contribution in [3.8, 4) is 0 Å². The van der Waals surface area contributed by atoms with Crippen LogP contribution in [0.1, 0.15) is 77.7 Å². The van der Waals surface area contributed by atoms with Gasteiger partial charge >= 0.3 is 5.97 Å². The summed E-state index contributed by atoms with van der Waals surface area (Å²) in [4.78, 5) is 39.7. The van der Waals surface area contributed by atoms with Crippen molar-refractivity contribution in [1.29, 1.82) is 0 Å². The van der Waals surface area contributed by atoms with Crippen molar-refractivity contribution < 1.29 is 19.1 Å². The molecule has 0 aliphatic carbocycles.